The van der Waals surface area contributed by atoms with Gasteiger partial charge in [0, 0.05) is 12.1 Å². The molecule has 2 N–H and O–H groups in total. The Morgan fingerprint density at radius 3 is 2.03 bits per heavy atom. The van der Waals surface area contributed by atoms with Gasteiger partial charge >= 0.3 is 12.1 Å². The van der Waals surface area contributed by atoms with Crippen LogP contribution in [0.2, 0.25) is 0 Å². The number of non-ortho nitro benzene ring substituents is 1. The summed E-state index contributed by atoms with van der Waals surface area (Å²) in [6.45, 7) is 0. The second kappa shape index (κ2) is 9.16. The Labute approximate surface area is 197 Å². The molecule has 13 heteroatoms. The van der Waals surface area contributed by atoms with Gasteiger partial charge in [0.1, 0.15) is 23.4 Å². The molecule has 2 aromatic rings. The lowest BCUT2D eigenvalue weighted by Gasteiger charge is -2.30. The number of benzene rings is 2. The van der Waals surface area contributed by atoms with Gasteiger partial charge in [-0.1, -0.05) is 0 Å². The minimum Gasteiger partial charge on any atom is -0.461 e. The number of nitrogens with two attached hydrogens (primary N) is 1. The van der Waals surface area contributed by atoms with Crippen LogP contribution in [0.3, 0.4) is 0 Å². The minimum atomic E-state index is -4.27. The Hall–Kier alpha value is -3.11. The van der Waals surface area contributed by atoms with E-state index < -0.39 is 41.7 Å². The van der Waals surface area contributed by atoms with Crippen molar-refractivity contribution in [1.29, 1.82) is 0 Å². The van der Waals surface area contributed by atoms with Gasteiger partial charge in [0.25, 0.3) is 13.1 Å². The van der Waals surface area contributed by atoms with Crippen LogP contribution in [-0.2, 0) is 14.1 Å². The van der Waals surface area contributed by atoms with E-state index >= 15 is 0 Å². The molecule has 4 rings (SSSR count). The summed E-state index contributed by atoms with van der Waals surface area (Å²) in [6, 6.07) is 11.4. The van der Waals surface area contributed by atoms with Crippen LogP contribution < -0.4 is 15.0 Å². The molecule has 0 aromatic heterocycles. The Morgan fingerprint density at radius 1 is 1.00 bits per heavy atom. The molecule has 2 atom stereocenters. The number of carbonyl (C=O) groups is 1. The molecule has 35 heavy (non-hydrogen) atoms. The van der Waals surface area contributed by atoms with Crippen molar-refractivity contribution < 1.29 is 41.5 Å². The molecule has 0 bridgehead atoms. The van der Waals surface area contributed by atoms with E-state index in [9.17, 15) is 32.6 Å². The largest absolute Gasteiger partial charge is 0.461 e. The summed E-state index contributed by atoms with van der Waals surface area (Å²) in [7, 11) is -3.60. The second-order valence-electron chi connectivity index (χ2n) is 8.59. The smallest absolute Gasteiger partial charge is 0.391 e. The molecule has 1 saturated carbocycles. The van der Waals surface area contributed by atoms with E-state index in [-0.39, 0.29) is 43.3 Å². The molecule has 0 amide bonds. The maximum absolute atomic E-state index is 13.0. The summed E-state index contributed by atoms with van der Waals surface area (Å²) in [5.74, 6) is -1.42. The molecule has 1 aliphatic heterocycles. The van der Waals surface area contributed by atoms with Crippen molar-refractivity contribution in [1.82, 2.24) is 0 Å². The van der Waals surface area contributed by atoms with E-state index in [4.69, 9.17) is 19.7 Å². The van der Waals surface area contributed by atoms with Crippen molar-refractivity contribution in [2.24, 2.45) is 11.7 Å². The first kappa shape index (κ1) is 25.0. The minimum absolute atomic E-state index is 0.0629. The average molecular weight is 514 g/mol. The highest BCUT2D eigenvalue weighted by Crippen LogP contribution is 2.73. The monoisotopic (exact) mass is 514 g/mol. The molecule has 0 radical (unpaired) electrons. The van der Waals surface area contributed by atoms with Gasteiger partial charge in [-0.2, -0.15) is 13.2 Å². The van der Waals surface area contributed by atoms with Gasteiger partial charge in [-0.3, -0.25) is 14.7 Å². The zero-order valence-corrected chi connectivity index (χ0v) is 19.2. The topological polar surface area (TPSA) is 131 Å². The molecule has 1 heterocycles. The number of nitro benzene ring substituents is 1. The van der Waals surface area contributed by atoms with Crippen LogP contribution in [0.25, 0.3) is 0 Å². The molecule has 2 fully saturated rings. The van der Waals surface area contributed by atoms with Crippen molar-refractivity contribution >= 4 is 19.0 Å². The molecule has 2 aromatic carbocycles. The van der Waals surface area contributed by atoms with Crippen molar-refractivity contribution in [2.45, 2.75) is 43.2 Å². The summed E-state index contributed by atoms with van der Waals surface area (Å²) in [5.41, 5.74) is 5.90. The van der Waals surface area contributed by atoms with Crippen LogP contribution in [-0.4, -0.2) is 34.6 Å². The maximum Gasteiger partial charge on any atom is 0.391 e. The lowest BCUT2D eigenvalue weighted by atomic mass is 9.87. The third-order valence-corrected chi connectivity index (χ3v) is 8.67. The summed E-state index contributed by atoms with van der Waals surface area (Å²) in [4.78, 5) is 22.7. The van der Waals surface area contributed by atoms with E-state index in [1.54, 1.807) is 0 Å². The molecule has 2 aliphatic rings. The number of nitro groups is 1. The van der Waals surface area contributed by atoms with E-state index in [0.29, 0.717) is 11.5 Å². The van der Waals surface area contributed by atoms with Gasteiger partial charge in [0.05, 0.1) is 17.0 Å². The van der Waals surface area contributed by atoms with Crippen molar-refractivity contribution in [3.63, 3.8) is 0 Å². The van der Waals surface area contributed by atoms with Crippen LogP contribution in [0.1, 0.15) is 25.7 Å². The van der Waals surface area contributed by atoms with E-state index in [0.717, 1.165) is 0 Å². The number of alkyl halides is 3. The number of carbonyl (C=O) groups excluding carboxylic acids is 1. The maximum atomic E-state index is 13.0. The predicted octanol–water partition coefficient (Wildman–Crippen LogP) is 5.38. The Kier molecular flexibility index (Phi) is 6.54. The highest BCUT2D eigenvalue weighted by molar-refractivity contribution is 7.70. The number of halogens is 3. The van der Waals surface area contributed by atoms with Crippen LogP contribution in [0, 0.1) is 16.0 Å². The standard InChI is InChI=1S/C22H22F3N2O7P/c23-22(24,25)14-1-5-18(6-2-14)33-20(28)21(26)13-35(21,31)34-19-11-9-17(10-12-19)32-16-7-3-15(4-8-16)27(29)30/h3-4,7-12,14,18H,1-2,5-6,13,26H2/t14?,18?,21-,35?/m0/s1. The highest BCUT2D eigenvalue weighted by atomic mass is 31.2. The van der Waals surface area contributed by atoms with Gasteiger partial charge in [-0.25, -0.2) is 4.79 Å². The second-order valence-corrected chi connectivity index (χ2v) is 11.2. The number of esters is 1. The van der Waals surface area contributed by atoms with E-state index in [1.165, 1.54) is 48.5 Å². The van der Waals surface area contributed by atoms with Gasteiger partial charge in [0.15, 0.2) is 0 Å². The Morgan fingerprint density at radius 2 is 1.51 bits per heavy atom. The number of rotatable bonds is 7. The normalized spacial score (nSPS) is 28.1. The van der Waals surface area contributed by atoms with Crippen LogP contribution in [0.5, 0.6) is 17.2 Å². The van der Waals surface area contributed by atoms with Gasteiger partial charge in [-0.05, 0) is 62.1 Å². The zero-order chi connectivity index (χ0) is 25.4. The average Bonchev–Trinajstić information content (AvgIpc) is 3.36. The first-order valence-electron chi connectivity index (χ1n) is 10.8. The van der Waals surface area contributed by atoms with Gasteiger partial charge in [0.2, 0.25) is 5.28 Å². The van der Waals surface area contributed by atoms with E-state index in [2.05, 4.69) is 0 Å². The van der Waals surface area contributed by atoms with Crippen LogP contribution in [0.4, 0.5) is 18.9 Å². The Balaban J connectivity index is 1.30. The predicted molar refractivity (Wildman–Crippen MR) is 118 cm³/mol. The van der Waals surface area contributed by atoms with Gasteiger partial charge in [-0.15, -0.1) is 0 Å². The zero-order valence-electron chi connectivity index (χ0n) is 18.3. The van der Waals surface area contributed by atoms with Gasteiger partial charge < -0.3 is 19.7 Å². The van der Waals surface area contributed by atoms with Crippen LogP contribution in [0.15, 0.2) is 48.5 Å². The Bertz CT molecular complexity index is 1150. The third kappa shape index (κ3) is 5.43. The first-order valence-corrected chi connectivity index (χ1v) is 12.6. The summed E-state index contributed by atoms with van der Waals surface area (Å²) in [5, 5.41) is 8.88. The number of hydrogen-bond donors (Lipinski definition) is 1. The highest BCUT2D eigenvalue weighted by Gasteiger charge is 2.73. The molecule has 1 aliphatic carbocycles. The molecular formula is C22H22F3N2O7P. The van der Waals surface area contributed by atoms with Crippen molar-refractivity contribution in [3.05, 3.63) is 58.6 Å². The molecule has 9 nitrogen and oxygen atoms in total. The van der Waals surface area contributed by atoms with Crippen LogP contribution >= 0.6 is 7.37 Å². The fourth-order valence-electron chi connectivity index (χ4n) is 3.87. The summed E-state index contributed by atoms with van der Waals surface area (Å²) >= 11 is 0. The van der Waals surface area contributed by atoms with Crippen molar-refractivity contribution in [2.75, 3.05) is 6.16 Å². The number of ether oxygens (including phenoxy) is 2. The van der Waals surface area contributed by atoms with Crippen molar-refractivity contribution in [3.8, 4) is 17.2 Å². The summed E-state index contributed by atoms with van der Waals surface area (Å²) < 4.78 is 67.8. The lowest BCUT2D eigenvalue weighted by molar-refractivity contribution is -0.384. The lowest BCUT2D eigenvalue weighted by Crippen LogP contribution is -2.40. The fourth-order valence-corrected chi connectivity index (χ4v) is 5.93. The third-order valence-electron chi connectivity index (χ3n) is 6.08. The molecule has 0 spiro atoms. The molecular weight excluding hydrogens is 492 g/mol. The summed E-state index contributed by atoms with van der Waals surface area (Å²) in [6.07, 6.45) is -5.36. The SMILES string of the molecule is N[C@@]1(C(=O)OC2CCC(C(F)(F)F)CC2)CP1(=O)Oc1ccc(Oc2ccc([N+](=O)[O-])cc2)cc1. The number of hydrogen-bond acceptors (Lipinski definition) is 8. The van der Waals surface area contributed by atoms with E-state index in [1.807, 2.05) is 0 Å². The fraction of sp³-hybridized carbons (Fsp3) is 0.409. The molecule has 1 unspecified atom stereocenters. The molecule has 1 saturated heterocycles. The number of nitrogens with zero attached hydrogens (tertiary/aromatic N) is 1. The first-order chi connectivity index (χ1) is 16.4. The molecule has 188 valence electrons. The quantitative estimate of drug-likeness (QED) is 0.226.